The number of carbonyl (C=O) groups excluding carboxylic acids is 3. The number of hydrogen-bond donors (Lipinski definition) is 1. The van der Waals surface area contributed by atoms with Crippen molar-refractivity contribution in [2.24, 2.45) is 0 Å². The molecule has 0 radical (unpaired) electrons. The fourth-order valence-electron chi connectivity index (χ4n) is 2.51. The van der Waals surface area contributed by atoms with E-state index in [4.69, 9.17) is 4.74 Å². The highest BCUT2D eigenvalue weighted by Crippen LogP contribution is 2.33. The van der Waals surface area contributed by atoms with Gasteiger partial charge in [0, 0.05) is 4.47 Å². The van der Waals surface area contributed by atoms with Crippen LogP contribution in [-0.2, 0) is 9.59 Å². The quantitative estimate of drug-likeness (QED) is 0.318. The van der Waals surface area contributed by atoms with Crippen molar-refractivity contribution in [2.45, 2.75) is 0 Å². The van der Waals surface area contributed by atoms with E-state index in [-0.39, 0.29) is 5.57 Å². The molecule has 1 aliphatic rings. The minimum atomic E-state index is -0.782. The Morgan fingerprint density at radius 1 is 1.11 bits per heavy atom. The number of amides is 4. The third-order valence-electron chi connectivity index (χ3n) is 3.72. The summed E-state index contributed by atoms with van der Waals surface area (Å²) >= 11 is 8.81. The lowest BCUT2D eigenvalue weighted by Crippen LogP contribution is -2.54. The fraction of sp³-hybridized carbons (Fsp3) is 0.0556. The molecule has 4 amide bonds. The van der Waals surface area contributed by atoms with Crippen LogP contribution < -0.4 is 15.0 Å². The highest BCUT2D eigenvalue weighted by atomic mass is 127. The standard InChI is InChI=1S/C18H11Br2IN2O4/c1-27-15-13(20)7-9(8-14(15)21)6-12-16(24)22-18(26)23(17(12)25)11-4-2-10(19)3-5-11/h2-8H,1H3,(H,22,24,26)/b12-6+. The molecule has 1 saturated heterocycles. The summed E-state index contributed by atoms with van der Waals surface area (Å²) < 4.78 is 7.58. The maximum absolute atomic E-state index is 12.9. The van der Waals surface area contributed by atoms with Crippen LogP contribution in [0.2, 0.25) is 0 Å². The van der Waals surface area contributed by atoms with Crippen LogP contribution in [0, 0.1) is 3.57 Å². The fourth-order valence-corrected chi connectivity index (χ4v) is 4.65. The van der Waals surface area contributed by atoms with Crippen molar-refractivity contribution in [3.05, 3.63) is 60.1 Å². The minimum absolute atomic E-state index is 0.134. The zero-order valence-electron chi connectivity index (χ0n) is 13.8. The van der Waals surface area contributed by atoms with Gasteiger partial charge in [-0.1, -0.05) is 15.9 Å². The van der Waals surface area contributed by atoms with Gasteiger partial charge < -0.3 is 4.74 Å². The smallest absolute Gasteiger partial charge is 0.335 e. The van der Waals surface area contributed by atoms with Crippen LogP contribution >= 0.6 is 54.5 Å². The zero-order valence-corrected chi connectivity index (χ0v) is 19.1. The summed E-state index contributed by atoms with van der Waals surface area (Å²) in [5.41, 5.74) is 0.852. The molecule has 138 valence electrons. The Labute approximate surface area is 185 Å². The lowest BCUT2D eigenvalue weighted by Gasteiger charge is -2.26. The van der Waals surface area contributed by atoms with Gasteiger partial charge in [0.15, 0.2) is 0 Å². The van der Waals surface area contributed by atoms with Crippen molar-refractivity contribution in [2.75, 3.05) is 12.0 Å². The first-order chi connectivity index (χ1) is 12.8. The number of imide groups is 2. The molecule has 0 unspecified atom stereocenters. The van der Waals surface area contributed by atoms with E-state index < -0.39 is 17.8 Å². The molecule has 3 rings (SSSR count). The summed E-state index contributed by atoms with van der Waals surface area (Å²) in [5, 5.41) is 2.20. The van der Waals surface area contributed by atoms with E-state index in [1.54, 1.807) is 43.5 Å². The normalized spacial score (nSPS) is 15.9. The number of barbiturate groups is 1. The first-order valence-electron chi connectivity index (χ1n) is 7.52. The topological polar surface area (TPSA) is 75.7 Å². The molecule has 0 spiro atoms. The predicted octanol–water partition coefficient (Wildman–Crippen LogP) is 4.49. The van der Waals surface area contributed by atoms with Gasteiger partial charge in [0.05, 0.1) is 20.8 Å². The van der Waals surface area contributed by atoms with Gasteiger partial charge in [-0.05, 0) is 86.6 Å². The largest absolute Gasteiger partial charge is 0.494 e. The maximum atomic E-state index is 12.9. The van der Waals surface area contributed by atoms with E-state index in [1.807, 2.05) is 0 Å². The van der Waals surface area contributed by atoms with Crippen LogP contribution in [0.3, 0.4) is 0 Å². The molecule has 1 N–H and O–H groups in total. The number of benzene rings is 2. The number of halogens is 3. The van der Waals surface area contributed by atoms with Gasteiger partial charge in [0.1, 0.15) is 11.3 Å². The van der Waals surface area contributed by atoms with Crippen LogP contribution in [0.1, 0.15) is 5.56 Å². The summed E-state index contributed by atoms with van der Waals surface area (Å²) in [6, 6.07) is 9.36. The van der Waals surface area contributed by atoms with E-state index in [9.17, 15) is 14.4 Å². The van der Waals surface area contributed by atoms with Gasteiger partial charge in [-0.2, -0.15) is 0 Å². The third kappa shape index (κ3) is 4.09. The Morgan fingerprint density at radius 2 is 1.78 bits per heavy atom. The molecule has 0 aromatic heterocycles. The summed E-state index contributed by atoms with van der Waals surface area (Å²) in [6.07, 6.45) is 1.45. The lowest BCUT2D eigenvalue weighted by atomic mass is 10.1. The Kier molecular flexibility index (Phi) is 6.02. The molecule has 1 heterocycles. The minimum Gasteiger partial charge on any atom is -0.494 e. The number of hydrogen-bond acceptors (Lipinski definition) is 4. The van der Waals surface area contributed by atoms with Crippen molar-refractivity contribution in [1.29, 1.82) is 0 Å². The van der Waals surface area contributed by atoms with Gasteiger partial charge in [0.25, 0.3) is 11.8 Å². The summed E-state index contributed by atoms with van der Waals surface area (Å²) in [4.78, 5) is 38.2. The number of urea groups is 1. The molecule has 0 bridgehead atoms. The highest BCUT2D eigenvalue weighted by Gasteiger charge is 2.36. The second kappa shape index (κ2) is 8.11. The summed E-state index contributed by atoms with van der Waals surface area (Å²) in [7, 11) is 1.56. The monoisotopic (exact) mass is 604 g/mol. The highest BCUT2D eigenvalue weighted by molar-refractivity contribution is 14.1. The SMILES string of the molecule is COc1c(Br)cc(/C=C2\C(=O)NC(=O)N(c3ccc(Br)cc3)C2=O)cc1I. The second-order valence-electron chi connectivity index (χ2n) is 5.45. The molecule has 1 aliphatic heterocycles. The van der Waals surface area contributed by atoms with Crippen LogP contribution in [0.25, 0.3) is 6.08 Å². The number of nitrogens with one attached hydrogen (secondary N) is 1. The second-order valence-corrected chi connectivity index (χ2v) is 8.38. The number of nitrogens with zero attached hydrogens (tertiary/aromatic N) is 1. The molecule has 6 nitrogen and oxygen atoms in total. The molecule has 2 aromatic rings. The molecular weight excluding hydrogens is 595 g/mol. The van der Waals surface area contributed by atoms with E-state index in [2.05, 4.69) is 59.8 Å². The molecular formula is C18H11Br2IN2O4. The molecule has 27 heavy (non-hydrogen) atoms. The number of carbonyl (C=O) groups is 3. The molecule has 9 heteroatoms. The van der Waals surface area contributed by atoms with Gasteiger partial charge in [0.2, 0.25) is 0 Å². The molecule has 0 saturated carbocycles. The Hall–Kier alpha value is -1.72. The number of rotatable bonds is 3. The number of methoxy groups -OCH3 is 1. The van der Waals surface area contributed by atoms with Crippen LogP contribution in [0.5, 0.6) is 5.75 Å². The van der Waals surface area contributed by atoms with Crippen LogP contribution in [0.15, 0.2) is 50.9 Å². The Bertz CT molecular complexity index is 966. The van der Waals surface area contributed by atoms with Gasteiger partial charge in [-0.25, -0.2) is 9.69 Å². The lowest BCUT2D eigenvalue weighted by molar-refractivity contribution is -0.122. The average Bonchev–Trinajstić information content (AvgIpc) is 2.60. The third-order valence-corrected chi connectivity index (χ3v) is 5.64. The maximum Gasteiger partial charge on any atom is 0.335 e. The van der Waals surface area contributed by atoms with Gasteiger partial charge >= 0.3 is 6.03 Å². The van der Waals surface area contributed by atoms with E-state index in [1.165, 1.54) is 6.08 Å². The molecule has 0 atom stereocenters. The van der Waals surface area contributed by atoms with E-state index in [0.717, 1.165) is 12.9 Å². The first kappa shape index (κ1) is 20.0. The number of ether oxygens (including phenoxy) is 1. The van der Waals surface area contributed by atoms with Crippen molar-refractivity contribution in [3.8, 4) is 5.75 Å². The van der Waals surface area contributed by atoms with Gasteiger partial charge in [-0.15, -0.1) is 0 Å². The van der Waals surface area contributed by atoms with Crippen molar-refractivity contribution in [1.82, 2.24) is 5.32 Å². The van der Waals surface area contributed by atoms with Crippen molar-refractivity contribution < 1.29 is 19.1 Å². The zero-order chi connectivity index (χ0) is 19.7. The number of anilines is 1. The van der Waals surface area contributed by atoms with Crippen molar-refractivity contribution >= 4 is 84.1 Å². The summed E-state index contributed by atoms with van der Waals surface area (Å²) in [5.74, 6) is -0.767. The summed E-state index contributed by atoms with van der Waals surface area (Å²) in [6.45, 7) is 0. The Balaban J connectivity index is 2.03. The Morgan fingerprint density at radius 3 is 2.37 bits per heavy atom. The van der Waals surface area contributed by atoms with Crippen molar-refractivity contribution in [3.63, 3.8) is 0 Å². The van der Waals surface area contributed by atoms with E-state index in [0.29, 0.717) is 21.5 Å². The van der Waals surface area contributed by atoms with Crippen LogP contribution in [-0.4, -0.2) is 25.0 Å². The van der Waals surface area contributed by atoms with Crippen LogP contribution in [0.4, 0.5) is 10.5 Å². The molecule has 0 aliphatic carbocycles. The predicted molar refractivity (Wildman–Crippen MR) is 117 cm³/mol. The van der Waals surface area contributed by atoms with Gasteiger partial charge in [-0.3, -0.25) is 14.9 Å². The average molecular weight is 606 g/mol. The first-order valence-corrected chi connectivity index (χ1v) is 10.2. The van der Waals surface area contributed by atoms with E-state index >= 15 is 0 Å². The molecule has 2 aromatic carbocycles. The molecule has 1 fully saturated rings.